The maximum absolute atomic E-state index is 14.0. The number of benzene rings is 4. The molecule has 1 N–H and O–H groups in total. The molecular weight excluding hydrogens is 446 g/mol. The zero-order valence-electron chi connectivity index (χ0n) is 20.1. The zero-order valence-corrected chi connectivity index (χ0v) is 20.1. The van der Waals surface area contributed by atoms with Gasteiger partial charge in [-0.1, -0.05) is 109 Å². The molecule has 0 aliphatic carbocycles. The van der Waals surface area contributed by atoms with Gasteiger partial charge < -0.3 is 10.1 Å². The SMILES string of the molecule is Cc1ccc(C2=C[C@H](c3ccccc3)[C@](Cc3ccccc3)(NC(=O)c3ccccc3)C(=O)O2)cc1. The largest absolute Gasteiger partial charge is 0.424 e. The van der Waals surface area contributed by atoms with Crippen LogP contribution in [0.15, 0.2) is 121 Å². The van der Waals surface area contributed by atoms with Gasteiger partial charge in [-0.15, -0.1) is 0 Å². The minimum Gasteiger partial charge on any atom is -0.424 e. The van der Waals surface area contributed by atoms with Crippen LogP contribution in [-0.4, -0.2) is 17.4 Å². The van der Waals surface area contributed by atoms with Gasteiger partial charge in [-0.25, -0.2) is 4.79 Å². The Balaban J connectivity index is 1.66. The third-order valence-corrected chi connectivity index (χ3v) is 6.61. The number of amides is 1. The van der Waals surface area contributed by atoms with E-state index in [0.717, 1.165) is 22.3 Å². The van der Waals surface area contributed by atoms with E-state index >= 15 is 0 Å². The second-order valence-electron chi connectivity index (χ2n) is 9.13. The predicted octanol–water partition coefficient (Wildman–Crippen LogP) is 6.09. The Bertz CT molecular complexity index is 1380. The Hall–Kier alpha value is -4.44. The van der Waals surface area contributed by atoms with Crippen LogP contribution in [0.25, 0.3) is 5.76 Å². The van der Waals surface area contributed by atoms with Crippen LogP contribution in [-0.2, 0) is 16.0 Å². The number of hydrogen-bond acceptors (Lipinski definition) is 3. The standard InChI is InChI=1S/C32H27NO3/c1-23-17-19-26(20-18-23)29-21-28(25-13-7-3-8-14-25)32(31(35)36-29,22-24-11-5-2-6-12-24)33-30(34)27-15-9-4-10-16-27/h2-21,28H,22H2,1H3,(H,33,34)/t28-,32+/m1/s1. The van der Waals surface area contributed by atoms with E-state index in [0.29, 0.717) is 11.3 Å². The number of carbonyl (C=O) groups is 2. The van der Waals surface area contributed by atoms with Gasteiger partial charge in [0.25, 0.3) is 5.91 Å². The summed E-state index contributed by atoms with van der Waals surface area (Å²) in [7, 11) is 0. The van der Waals surface area contributed by atoms with Crippen molar-refractivity contribution < 1.29 is 14.3 Å². The van der Waals surface area contributed by atoms with Gasteiger partial charge in [0.2, 0.25) is 0 Å². The van der Waals surface area contributed by atoms with Crippen molar-refractivity contribution in [2.75, 3.05) is 0 Å². The van der Waals surface area contributed by atoms with Crippen molar-refractivity contribution in [2.45, 2.75) is 24.8 Å². The van der Waals surface area contributed by atoms with Crippen molar-refractivity contribution in [3.8, 4) is 0 Å². The van der Waals surface area contributed by atoms with E-state index in [-0.39, 0.29) is 12.3 Å². The number of nitrogens with one attached hydrogen (secondary N) is 1. The summed E-state index contributed by atoms with van der Waals surface area (Å²) in [5, 5.41) is 3.12. The van der Waals surface area contributed by atoms with E-state index < -0.39 is 17.4 Å². The van der Waals surface area contributed by atoms with Gasteiger partial charge in [-0.3, -0.25) is 4.79 Å². The van der Waals surface area contributed by atoms with E-state index in [1.54, 1.807) is 12.1 Å². The van der Waals surface area contributed by atoms with Crippen LogP contribution in [0.3, 0.4) is 0 Å². The molecule has 1 heterocycles. The second kappa shape index (κ2) is 10.0. The first-order valence-corrected chi connectivity index (χ1v) is 12.0. The van der Waals surface area contributed by atoms with Crippen LogP contribution >= 0.6 is 0 Å². The molecule has 1 aliphatic rings. The molecule has 4 heteroatoms. The molecule has 0 saturated heterocycles. The summed E-state index contributed by atoms with van der Waals surface area (Å²) in [6.45, 7) is 2.02. The molecule has 2 atom stereocenters. The molecule has 0 spiro atoms. The molecule has 1 amide bonds. The fourth-order valence-corrected chi connectivity index (χ4v) is 4.70. The highest BCUT2D eigenvalue weighted by Gasteiger charge is 2.51. The highest BCUT2D eigenvalue weighted by molar-refractivity contribution is 6.00. The molecule has 5 rings (SSSR count). The Morgan fingerprint density at radius 2 is 1.39 bits per heavy atom. The fraction of sp³-hybridized carbons (Fsp3) is 0.125. The highest BCUT2D eigenvalue weighted by Crippen LogP contribution is 2.41. The lowest BCUT2D eigenvalue weighted by molar-refractivity contribution is -0.145. The minimum atomic E-state index is -1.34. The molecule has 178 valence electrons. The topological polar surface area (TPSA) is 55.4 Å². The first-order chi connectivity index (χ1) is 17.5. The highest BCUT2D eigenvalue weighted by atomic mass is 16.5. The summed E-state index contributed by atoms with van der Waals surface area (Å²) in [5.41, 5.74) is 2.92. The molecular formula is C32H27NO3. The monoisotopic (exact) mass is 473 g/mol. The van der Waals surface area contributed by atoms with Gasteiger partial charge >= 0.3 is 5.97 Å². The van der Waals surface area contributed by atoms with Crippen LogP contribution < -0.4 is 5.32 Å². The van der Waals surface area contributed by atoms with Crippen molar-refractivity contribution in [2.24, 2.45) is 0 Å². The van der Waals surface area contributed by atoms with E-state index in [9.17, 15) is 9.59 Å². The van der Waals surface area contributed by atoms with E-state index in [1.165, 1.54) is 0 Å². The molecule has 1 aliphatic heterocycles. The molecule has 4 aromatic rings. The molecule has 0 bridgehead atoms. The van der Waals surface area contributed by atoms with E-state index in [1.807, 2.05) is 116 Å². The number of hydrogen-bond donors (Lipinski definition) is 1. The first-order valence-electron chi connectivity index (χ1n) is 12.0. The van der Waals surface area contributed by atoms with Crippen LogP contribution in [0.2, 0.25) is 0 Å². The van der Waals surface area contributed by atoms with Gasteiger partial charge in [-0.2, -0.15) is 0 Å². The third-order valence-electron chi connectivity index (χ3n) is 6.61. The van der Waals surface area contributed by atoms with Crippen molar-refractivity contribution in [3.05, 3.63) is 149 Å². The first kappa shape index (κ1) is 23.3. The molecule has 0 fully saturated rings. The Labute approximate surface area is 211 Å². The molecule has 0 radical (unpaired) electrons. The van der Waals surface area contributed by atoms with Gasteiger partial charge in [0.15, 0.2) is 5.54 Å². The zero-order chi connectivity index (χ0) is 25.0. The Morgan fingerprint density at radius 3 is 2.03 bits per heavy atom. The molecule has 4 aromatic carbocycles. The number of carbonyl (C=O) groups excluding carboxylic acids is 2. The summed E-state index contributed by atoms with van der Waals surface area (Å²) in [6.07, 6.45) is 2.25. The molecule has 0 unspecified atom stereocenters. The molecule has 4 nitrogen and oxygen atoms in total. The van der Waals surface area contributed by atoms with Crippen LogP contribution in [0.4, 0.5) is 0 Å². The third kappa shape index (κ3) is 4.71. The van der Waals surface area contributed by atoms with Crippen LogP contribution in [0, 0.1) is 6.92 Å². The molecule has 0 saturated carbocycles. The van der Waals surface area contributed by atoms with Crippen molar-refractivity contribution >= 4 is 17.6 Å². The van der Waals surface area contributed by atoms with Crippen molar-refractivity contribution in [1.29, 1.82) is 0 Å². The van der Waals surface area contributed by atoms with Gasteiger partial charge in [-0.05, 0) is 36.3 Å². The minimum absolute atomic E-state index is 0.280. The van der Waals surface area contributed by atoms with Gasteiger partial charge in [0.1, 0.15) is 5.76 Å². The lowest BCUT2D eigenvalue weighted by Crippen LogP contribution is -2.61. The second-order valence-corrected chi connectivity index (χ2v) is 9.13. The summed E-state index contributed by atoms with van der Waals surface area (Å²) in [4.78, 5) is 27.5. The Kier molecular flexibility index (Phi) is 6.50. The molecule has 36 heavy (non-hydrogen) atoms. The fourth-order valence-electron chi connectivity index (χ4n) is 4.70. The lowest BCUT2D eigenvalue weighted by atomic mass is 9.73. The maximum atomic E-state index is 14.0. The normalized spacial score (nSPS) is 19.2. The summed E-state index contributed by atoms with van der Waals surface area (Å²) < 4.78 is 6.00. The number of ether oxygens (including phenoxy) is 1. The summed E-state index contributed by atoms with van der Waals surface area (Å²) >= 11 is 0. The van der Waals surface area contributed by atoms with Crippen LogP contribution in [0.5, 0.6) is 0 Å². The maximum Gasteiger partial charge on any atom is 0.338 e. The quantitative estimate of drug-likeness (QED) is 0.345. The average molecular weight is 474 g/mol. The number of cyclic esters (lactones) is 1. The van der Waals surface area contributed by atoms with E-state index in [2.05, 4.69) is 5.32 Å². The Morgan fingerprint density at radius 1 is 0.806 bits per heavy atom. The number of esters is 1. The summed E-state index contributed by atoms with van der Waals surface area (Å²) in [5.74, 6) is -0.769. The molecule has 0 aromatic heterocycles. The van der Waals surface area contributed by atoms with Crippen LogP contribution in [0.1, 0.15) is 38.5 Å². The summed E-state index contributed by atoms with van der Waals surface area (Å²) in [6, 6.07) is 36.4. The number of rotatable bonds is 6. The number of aryl methyl sites for hydroxylation is 1. The lowest BCUT2D eigenvalue weighted by Gasteiger charge is -2.41. The van der Waals surface area contributed by atoms with Crippen molar-refractivity contribution in [3.63, 3.8) is 0 Å². The van der Waals surface area contributed by atoms with Gasteiger partial charge in [0.05, 0.1) is 0 Å². The predicted molar refractivity (Wildman–Crippen MR) is 141 cm³/mol. The average Bonchev–Trinajstić information content (AvgIpc) is 2.92. The smallest absolute Gasteiger partial charge is 0.338 e. The van der Waals surface area contributed by atoms with Crippen molar-refractivity contribution in [1.82, 2.24) is 5.32 Å². The van der Waals surface area contributed by atoms with E-state index in [4.69, 9.17) is 4.74 Å². The van der Waals surface area contributed by atoms with Gasteiger partial charge in [0, 0.05) is 23.5 Å².